The number of hydrogen-bond acceptors (Lipinski definition) is 3. The number of benzene rings is 1. The van der Waals surface area contributed by atoms with E-state index in [1.807, 2.05) is 6.92 Å². The van der Waals surface area contributed by atoms with Gasteiger partial charge in [-0.1, -0.05) is 43.4 Å². The summed E-state index contributed by atoms with van der Waals surface area (Å²) in [6.07, 6.45) is 0. The first kappa shape index (κ1) is 10.3. The van der Waals surface area contributed by atoms with Crippen LogP contribution in [0.4, 0.5) is 0 Å². The largest absolute Gasteiger partial charge is 0.147 e. The molecule has 0 aliphatic heterocycles. The summed E-state index contributed by atoms with van der Waals surface area (Å²) < 4.78 is 0. The van der Waals surface area contributed by atoms with E-state index < -0.39 is 0 Å². The maximum Gasteiger partial charge on any atom is 0.147 e. The average molecular weight is 218 g/mol. The lowest BCUT2D eigenvalue weighted by molar-refractivity contribution is 0.867. The van der Waals surface area contributed by atoms with Gasteiger partial charge in [0.1, 0.15) is 10.0 Å². The van der Waals surface area contributed by atoms with Gasteiger partial charge >= 0.3 is 0 Å². The van der Waals surface area contributed by atoms with E-state index in [2.05, 4.69) is 48.3 Å². The van der Waals surface area contributed by atoms with Gasteiger partial charge in [0.05, 0.1) is 0 Å². The molecule has 0 aliphatic rings. The van der Waals surface area contributed by atoms with Crippen molar-refractivity contribution < 1.29 is 0 Å². The third-order valence-electron chi connectivity index (χ3n) is 2.33. The van der Waals surface area contributed by atoms with Crippen molar-refractivity contribution in [2.45, 2.75) is 26.7 Å². The van der Waals surface area contributed by atoms with Crippen molar-refractivity contribution in [1.29, 1.82) is 0 Å². The third kappa shape index (κ3) is 2.23. The van der Waals surface area contributed by atoms with Gasteiger partial charge in [0, 0.05) is 5.56 Å². The second-order valence-corrected chi connectivity index (χ2v) is 5.09. The molecule has 0 spiro atoms. The summed E-state index contributed by atoms with van der Waals surface area (Å²) in [6.45, 7) is 6.38. The molecule has 15 heavy (non-hydrogen) atoms. The molecule has 0 N–H and O–H groups in total. The molecule has 1 aromatic carbocycles. The van der Waals surface area contributed by atoms with Crippen molar-refractivity contribution in [3.63, 3.8) is 0 Å². The fourth-order valence-electron chi connectivity index (χ4n) is 1.44. The quantitative estimate of drug-likeness (QED) is 0.769. The molecule has 0 radical (unpaired) electrons. The smallest absolute Gasteiger partial charge is 0.143 e. The molecule has 0 amide bonds. The van der Waals surface area contributed by atoms with Gasteiger partial charge < -0.3 is 0 Å². The highest BCUT2D eigenvalue weighted by molar-refractivity contribution is 7.14. The highest BCUT2D eigenvalue weighted by atomic mass is 32.1. The number of aryl methyl sites for hydroxylation is 1. The van der Waals surface area contributed by atoms with Crippen molar-refractivity contribution in [1.82, 2.24) is 10.2 Å². The second kappa shape index (κ2) is 4.11. The summed E-state index contributed by atoms with van der Waals surface area (Å²) in [5, 5.41) is 10.2. The zero-order valence-corrected chi connectivity index (χ0v) is 10.0. The van der Waals surface area contributed by atoms with Crippen LogP contribution >= 0.6 is 11.3 Å². The lowest BCUT2D eigenvalue weighted by Gasteiger charge is -2.05. The minimum absolute atomic E-state index is 0.555. The first-order chi connectivity index (χ1) is 7.16. The molecule has 2 rings (SSSR count). The van der Waals surface area contributed by atoms with E-state index in [0.717, 1.165) is 10.0 Å². The van der Waals surface area contributed by atoms with Crippen LogP contribution in [0.15, 0.2) is 24.3 Å². The van der Waals surface area contributed by atoms with Gasteiger partial charge in [-0.2, -0.15) is 0 Å². The molecule has 0 bridgehead atoms. The molecular weight excluding hydrogens is 204 g/mol. The van der Waals surface area contributed by atoms with Crippen LogP contribution in [0.2, 0.25) is 0 Å². The Balaban J connectivity index is 2.41. The molecule has 78 valence electrons. The molecular formula is C12H14N2S. The van der Waals surface area contributed by atoms with E-state index in [0.29, 0.717) is 5.92 Å². The van der Waals surface area contributed by atoms with E-state index >= 15 is 0 Å². The Labute approximate surface area is 94.0 Å². The van der Waals surface area contributed by atoms with Crippen molar-refractivity contribution >= 4 is 11.3 Å². The lowest BCUT2D eigenvalue weighted by atomic mass is 10.0. The molecule has 0 fully saturated rings. The molecule has 0 saturated heterocycles. The van der Waals surface area contributed by atoms with E-state index in [-0.39, 0.29) is 0 Å². The molecule has 0 saturated carbocycles. The second-order valence-electron chi connectivity index (χ2n) is 3.91. The van der Waals surface area contributed by atoms with Gasteiger partial charge in [0.25, 0.3) is 0 Å². The summed E-state index contributed by atoms with van der Waals surface area (Å²) in [7, 11) is 0. The minimum atomic E-state index is 0.555. The molecule has 0 unspecified atom stereocenters. The van der Waals surface area contributed by atoms with Crippen molar-refractivity contribution in [3.8, 4) is 10.6 Å². The predicted octanol–water partition coefficient (Wildman–Crippen LogP) is 3.64. The molecule has 2 nitrogen and oxygen atoms in total. The Bertz CT molecular complexity index is 460. The number of rotatable bonds is 2. The maximum atomic E-state index is 4.15. The number of aromatic nitrogens is 2. The molecule has 0 atom stereocenters. The zero-order valence-electron chi connectivity index (χ0n) is 9.19. The summed E-state index contributed by atoms with van der Waals surface area (Å²) >= 11 is 1.64. The van der Waals surface area contributed by atoms with E-state index in [1.54, 1.807) is 11.3 Å². The fourth-order valence-corrected chi connectivity index (χ4v) is 2.13. The Kier molecular flexibility index (Phi) is 2.82. The highest BCUT2D eigenvalue weighted by Gasteiger charge is 2.05. The van der Waals surface area contributed by atoms with Crippen molar-refractivity contribution in [3.05, 3.63) is 34.8 Å². The highest BCUT2D eigenvalue weighted by Crippen LogP contribution is 2.26. The van der Waals surface area contributed by atoms with Crippen LogP contribution in [0.3, 0.4) is 0 Å². The fraction of sp³-hybridized carbons (Fsp3) is 0.333. The van der Waals surface area contributed by atoms with Crippen LogP contribution in [0, 0.1) is 6.92 Å². The Morgan fingerprint density at radius 1 is 1.20 bits per heavy atom. The summed E-state index contributed by atoms with van der Waals surface area (Å²) in [6, 6.07) is 8.53. The van der Waals surface area contributed by atoms with Crippen LogP contribution in [0.25, 0.3) is 10.6 Å². The van der Waals surface area contributed by atoms with Crippen LogP contribution in [0.5, 0.6) is 0 Å². The van der Waals surface area contributed by atoms with Gasteiger partial charge in [-0.15, -0.1) is 10.2 Å². The van der Waals surface area contributed by atoms with E-state index in [1.165, 1.54) is 11.1 Å². The molecule has 0 aliphatic carbocycles. The Morgan fingerprint density at radius 2 is 2.00 bits per heavy atom. The van der Waals surface area contributed by atoms with Crippen LogP contribution in [-0.2, 0) is 0 Å². The Hall–Kier alpha value is -1.22. The average Bonchev–Trinajstić information content (AvgIpc) is 2.65. The van der Waals surface area contributed by atoms with Crippen LogP contribution in [0.1, 0.15) is 30.3 Å². The zero-order chi connectivity index (χ0) is 10.8. The number of hydrogen-bond donors (Lipinski definition) is 0. The predicted molar refractivity (Wildman–Crippen MR) is 64.2 cm³/mol. The summed E-state index contributed by atoms with van der Waals surface area (Å²) in [5.74, 6) is 0.555. The molecule has 3 heteroatoms. The van der Waals surface area contributed by atoms with E-state index in [9.17, 15) is 0 Å². The normalized spacial score (nSPS) is 10.9. The van der Waals surface area contributed by atoms with Crippen molar-refractivity contribution in [2.75, 3.05) is 0 Å². The summed E-state index contributed by atoms with van der Waals surface area (Å²) in [4.78, 5) is 0. The summed E-state index contributed by atoms with van der Waals surface area (Å²) in [5.41, 5.74) is 2.52. The van der Waals surface area contributed by atoms with Gasteiger partial charge in [0.2, 0.25) is 0 Å². The van der Waals surface area contributed by atoms with Gasteiger partial charge in [-0.25, -0.2) is 0 Å². The van der Waals surface area contributed by atoms with E-state index in [4.69, 9.17) is 0 Å². The number of nitrogens with zero attached hydrogens (tertiary/aromatic N) is 2. The lowest BCUT2D eigenvalue weighted by Crippen LogP contribution is -1.87. The minimum Gasteiger partial charge on any atom is -0.143 e. The van der Waals surface area contributed by atoms with Crippen LogP contribution < -0.4 is 0 Å². The standard InChI is InChI=1S/C12H14N2S/c1-8(2)10-5-4-6-11(7-10)12-14-13-9(3)15-12/h4-8H,1-3H3. The SMILES string of the molecule is Cc1nnc(-c2cccc(C(C)C)c2)s1. The third-order valence-corrected chi connectivity index (χ3v) is 3.21. The van der Waals surface area contributed by atoms with Crippen molar-refractivity contribution in [2.24, 2.45) is 0 Å². The first-order valence-corrected chi connectivity index (χ1v) is 5.89. The molecule has 1 aromatic heterocycles. The maximum absolute atomic E-state index is 4.15. The Morgan fingerprint density at radius 3 is 2.60 bits per heavy atom. The molecule has 2 aromatic rings. The topological polar surface area (TPSA) is 25.8 Å². The first-order valence-electron chi connectivity index (χ1n) is 5.07. The van der Waals surface area contributed by atoms with Gasteiger partial charge in [0.15, 0.2) is 0 Å². The monoisotopic (exact) mass is 218 g/mol. The van der Waals surface area contributed by atoms with Gasteiger partial charge in [-0.05, 0) is 24.5 Å². The molecule has 1 heterocycles. The van der Waals surface area contributed by atoms with Crippen LogP contribution in [-0.4, -0.2) is 10.2 Å². The van der Waals surface area contributed by atoms with Gasteiger partial charge in [-0.3, -0.25) is 0 Å².